The van der Waals surface area contributed by atoms with Crippen molar-refractivity contribution in [3.8, 4) is 5.75 Å². The van der Waals surface area contributed by atoms with Gasteiger partial charge in [-0.25, -0.2) is 0 Å². The molecule has 0 N–H and O–H groups in total. The Kier molecular flexibility index (Phi) is 4.22. The minimum atomic E-state index is -4.71. The number of halogens is 3. The van der Waals surface area contributed by atoms with Gasteiger partial charge in [-0.3, -0.25) is 0 Å². The SMILES string of the molecule is C=CCCc1cc(OC(F)(F)F)ccc1C1OC=CO1. The normalized spacial score (nSPS) is 14.8. The molecule has 1 aliphatic rings. The maximum absolute atomic E-state index is 12.2. The first-order chi connectivity index (χ1) is 9.49. The molecular weight excluding hydrogens is 273 g/mol. The number of benzene rings is 1. The number of rotatable bonds is 5. The molecule has 6 heteroatoms. The highest BCUT2D eigenvalue weighted by atomic mass is 19.4. The van der Waals surface area contributed by atoms with Gasteiger partial charge in [0, 0.05) is 5.56 Å². The van der Waals surface area contributed by atoms with Crippen LogP contribution in [0.2, 0.25) is 0 Å². The monoisotopic (exact) mass is 286 g/mol. The first-order valence-corrected chi connectivity index (χ1v) is 5.95. The molecule has 1 heterocycles. The van der Waals surface area contributed by atoms with Crippen LogP contribution < -0.4 is 4.74 Å². The van der Waals surface area contributed by atoms with Crippen molar-refractivity contribution in [3.05, 3.63) is 54.5 Å². The molecule has 0 amide bonds. The summed E-state index contributed by atoms with van der Waals surface area (Å²) in [5, 5.41) is 0. The lowest BCUT2D eigenvalue weighted by Gasteiger charge is -2.17. The van der Waals surface area contributed by atoms with Gasteiger partial charge in [0.2, 0.25) is 0 Å². The summed E-state index contributed by atoms with van der Waals surface area (Å²) >= 11 is 0. The van der Waals surface area contributed by atoms with E-state index in [1.807, 2.05) is 0 Å². The molecule has 0 saturated heterocycles. The average Bonchev–Trinajstić information content (AvgIpc) is 2.88. The standard InChI is InChI=1S/C14H13F3O3/c1-2-3-4-10-9-11(20-14(15,16)17)5-6-12(10)13-18-7-8-19-13/h2,5-9,13H,1,3-4H2. The van der Waals surface area contributed by atoms with Gasteiger partial charge < -0.3 is 14.2 Å². The molecule has 20 heavy (non-hydrogen) atoms. The molecule has 0 spiro atoms. The van der Waals surface area contributed by atoms with Crippen molar-refractivity contribution < 1.29 is 27.4 Å². The molecule has 1 aromatic rings. The number of aryl methyl sites for hydroxylation is 1. The van der Waals surface area contributed by atoms with E-state index in [2.05, 4.69) is 11.3 Å². The Morgan fingerprint density at radius 3 is 2.55 bits per heavy atom. The number of hydrogen-bond acceptors (Lipinski definition) is 3. The van der Waals surface area contributed by atoms with Gasteiger partial charge in [-0.2, -0.15) is 0 Å². The van der Waals surface area contributed by atoms with Crippen LogP contribution in [0.15, 0.2) is 43.4 Å². The van der Waals surface area contributed by atoms with Crippen molar-refractivity contribution >= 4 is 0 Å². The van der Waals surface area contributed by atoms with E-state index in [4.69, 9.17) is 9.47 Å². The summed E-state index contributed by atoms with van der Waals surface area (Å²) in [5.41, 5.74) is 1.34. The molecule has 0 unspecified atom stereocenters. The topological polar surface area (TPSA) is 27.7 Å². The molecule has 108 valence electrons. The summed E-state index contributed by atoms with van der Waals surface area (Å²) in [6.45, 7) is 3.60. The van der Waals surface area contributed by atoms with Crippen LogP contribution in [0.3, 0.4) is 0 Å². The third kappa shape index (κ3) is 3.69. The minimum Gasteiger partial charge on any atom is -0.455 e. The van der Waals surface area contributed by atoms with Crippen molar-refractivity contribution in [2.45, 2.75) is 25.5 Å². The van der Waals surface area contributed by atoms with Crippen LogP contribution in [0.1, 0.15) is 23.8 Å². The number of allylic oxidation sites excluding steroid dienone is 1. The lowest BCUT2D eigenvalue weighted by Crippen LogP contribution is -2.17. The number of alkyl halides is 3. The Hall–Kier alpha value is -2.11. The molecule has 0 aliphatic carbocycles. The fraction of sp³-hybridized carbons (Fsp3) is 0.286. The molecule has 1 aromatic carbocycles. The van der Waals surface area contributed by atoms with Crippen LogP contribution in [0, 0.1) is 0 Å². The molecule has 0 saturated carbocycles. The molecule has 0 fully saturated rings. The first kappa shape index (κ1) is 14.3. The van der Waals surface area contributed by atoms with Gasteiger partial charge in [-0.05, 0) is 36.6 Å². The smallest absolute Gasteiger partial charge is 0.455 e. The molecule has 0 radical (unpaired) electrons. The summed E-state index contributed by atoms with van der Waals surface area (Å²) in [6.07, 6.45) is 0.286. The summed E-state index contributed by atoms with van der Waals surface area (Å²) in [4.78, 5) is 0. The Morgan fingerprint density at radius 1 is 1.25 bits per heavy atom. The minimum absolute atomic E-state index is 0.258. The molecule has 1 aliphatic heterocycles. The van der Waals surface area contributed by atoms with Gasteiger partial charge in [0.15, 0.2) is 0 Å². The molecular formula is C14H13F3O3. The van der Waals surface area contributed by atoms with E-state index in [0.717, 1.165) is 0 Å². The number of ether oxygens (including phenoxy) is 3. The molecule has 2 rings (SSSR count). The predicted molar refractivity (Wildman–Crippen MR) is 65.7 cm³/mol. The zero-order valence-electron chi connectivity index (χ0n) is 10.5. The third-order valence-electron chi connectivity index (χ3n) is 2.68. The number of hydrogen-bond donors (Lipinski definition) is 0. The third-order valence-corrected chi connectivity index (χ3v) is 2.68. The molecule has 0 atom stereocenters. The van der Waals surface area contributed by atoms with Crippen LogP contribution in [-0.4, -0.2) is 6.36 Å². The van der Waals surface area contributed by atoms with Crippen molar-refractivity contribution in [3.63, 3.8) is 0 Å². The van der Waals surface area contributed by atoms with Gasteiger partial charge in [0.05, 0.1) is 0 Å². The van der Waals surface area contributed by atoms with E-state index in [9.17, 15) is 13.2 Å². The Balaban J connectivity index is 2.24. The van der Waals surface area contributed by atoms with Crippen LogP contribution in [-0.2, 0) is 15.9 Å². The molecule has 0 bridgehead atoms. The highest BCUT2D eigenvalue weighted by Crippen LogP contribution is 2.32. The predicted octanol–water partition coefficient (Wildman–Crippen LogP) is 4.22. The van der Waals surface area contributed by atoms with Crippen LogP contribution in [0.5, 0.6) is 5.75 Å². The Labute approximate surface area is 114 Å². The molecule has 3 nitrogen and oxygen atoms in total. The van der Waals surface area contributed by atoms with Crippen molar-refractivity contribution in [1.82, 2.24) is 0 Å². The average molecular weight is 286 g/mol. The van der Waals surface area contributed by atoms with Gasteiger partial charge in [0.1, 0.15) is 18.3 Å². The van der Waals surface area contributed by atoms with Crippen molar-refractivity contribution in [1.29, 1.82) is 0 Å². The summed E-state index contributed by atoms with van der Waals surface area (Å²) in [7, 11) is 0. The van der Waals surface area contributed by atoms with E-state index in [0.29, 0.717) is 24.0 Å². The quantitative estimate of drug-likeness (QED) is 0.758. The summed E-state index contributed by atoms with van der Waals surface area (Å²) in [6, 6.07) is 4.10. The van der Waals surface area contributed by atoms with E-state index in [1.165, 1.54) is 30.7 Å². The van der Waals surface area contributed by atoms with Crippen molar-refractivity contribution in [2.24, 2.45) is 0 Å². The zero-order valence-corrected chi connectivity index (χ0v) is 10.5. The van der Waals surface area contributed by atoms with Crippen LogP contribution in [0.4, 0.5) is 13.2 Å². The van der Waals surface area contributed by atoms with Crippen LogP contribution >= 0.6 is 0 Å². The van der Waals surface area contributed by atoms with Gasteiger partial charge >= 0.3 is 6.36 Å². The fourth-order valence-corrected chi connectivity index (χ4v) is 1.87. The zero-order chi connectivity index (χ0) is 14.6. The second-order valence-corrected chi connectivity index (χ2v) is 4.11. The van der Waals surface area contributed by atoms with Crippen LogP contribution in [0.25, 0.3) is 0 Å². The van der Waals surface area contributed by atoms with E-state index in [-0.39, 0.29) is 5.75 Å². The summed E-state index contributed by atoms with van der Waals surface area (Å²) < 4.78 is 51.0. The van der Waals surface area contributed by atoms with E-state index >= 15 is 0 Å². The lowest BCUT2D eigenvalue weighted by molar-refractivity contribution is -0.274. The second-order valence-electron chi connectivity index (χ2n) is 4.11. The van der Waals surface area contributed by atoms with E-state index in [1.54, 1.807) is 6.08 Å². The van der Waals surface area contributed by atoms with Gasteiger partial charge in [-0.15, -0.1) is 19.8 Å². The first-order valence-electron chi connectivity index (χ1n) is 5.95. The summed E-state index contributed by atoms with van der Waals surface area (Å²) in [5.74, 6) is -0.258. The highest BCUT2D eigenvalue weighted by molar-refractivity contribution is 5.37. The van der Waals surface area contributed by atoms with Crippen molar-refractivity contribution in [2.75, 3.05) is 0 Å². The Bertz CT molecular complexity index is 501. The second kappa shape index (κ2) is 5.90. The van der Waals surface area contributed by atoms with Gasteiger partial charge in [-0.1, -0.05) is 6.08 Å². The Morgan fingerprint density at radius 2 is 1.95 bits per heavy atom. The van der Waals surface area contributed by atoms with E-state index < -0.39 is 12.7 Å². The van der Waals surface area contributed by atoms with Gasteiger partial charge in [0.25, 0.3) is 6.29 Å². The maximum Gasteiger partial charge on any atom is 0.573 e. The highest BCUT2D eigenvalue weighted by Gasteiger charge is 2.31. The largest absolute Gasteiger partial charge is 0.573 e. The molecule has 0 aromatic heterocycles. The lowest BCUT2D eigenvalue weighted by atomic mass is 10.0. The fourth-order valence-electron chi connectivity index (χ4n) is 1.87. The maximum atomic E-state index is 12.2.